The van der Waals surface area contributed by atoms with Crippen molar-refractivity contribution in [1.82, 2.24) is 20.0 Å². The topological polar surface area (TPSA) is 95.5 Å². The minimum atomic E-state index is -0.498. The van der Waals surface area contributed by atoms with Gasteiger partial charge in [-0.3, -0.25) is 4.90 Å². The smallest absolute Gasteiger partial charge is 0.410 e. The Bertz CT molecular complexity index is 973. The highest BCUT2D eigenvalue weighted by Gasteiger charge is 2.40. The number of carbonyl (C=O) groups is 1. The van der Waals surface area contributed by atoms with Gasteiger partial charge >= 0.3 is 6.09 Å². The SMILES string of the molecule is CC(C)(C)OC(=O)N1CCC[C@H]1[C@H]1CCCCN1Cc1nnc(-c2ccc(C#N)cc2)o1. The fourth-order valence-corrected chi connectivity index (χ4v) is 4.68. The normalized spacial score (nSPS) is 22.0. The van der Waals surface area contributed by atoms with Gasteiger partial charge < -0.3 is 14.1 Å². The van der Waals surface area contributed by atoms with Crippen LogP contribution in [0, 0.1) is 11.3 Å². The zero-order valence-electron chi connectivity index (χ0n) is 19.1. The van der Waals surface area contributed by atoms with Gasteiger partial charge in [0, 0.05) is 18.2 Å². The van der Waals surface area contributed by atoms with E-state index in [1.165, 1.54) is 0 Å². The lowest BCUT2D eigenvalue weighted by Crippen LogP contribution is -2.53. The summed E-state index contributed by atoms with van der Waals surface area (Å²) in [5.41, 5.74) is 0.891. The Morgan fingerprint density at radius 3 is 2.59 bits per heavy atom. The summed E-state index contributed by atoms with van der Waals surface area (Å²) in [6.07, 6.45) is 5.08. The van der Waals surface area contributed by atoms with Crippen molar-refractivity contribution in [3.05, 3.63) is 35.7 Å². The average Bonchev–Trinajstić information content (AvgIpc) is 3.43. The number of piperidine rings is 1. The third kappa shape index (κ3) is 5.10. The van der Waals surface area contributed by atoms with E-state index < -0.39 is 5.60 Å². The molecular formula is C24H31N5O3. The van der Waals surface area contributed by atoms with Gasteiger partial charge in [0.05, 0.1) is 24.2 Å². The molecule has 2 saturated heterocycles. The first-order chi connectivity index (χ1) is 15.3. The molecule has 3 heterocycles. The van der Waals surface area contributed by atoms with Crippen molar-refractivity contribution in [3.8, 4) is 17.5 Å². The largest absolute Gasteiger partial charge is 0.444 e. The zero-order valence-corrected chi connectivity index (χ0v) is 19.1. The number of nitrogens with zero attached hydrogens (tertiary/aromatic N) is 5. The van der Waals surface area contributed by atoms with E-state index in [1.54, 1.807) is 12.1 Å². The van der Waals surface area contributed by atoms with E-state index in [2.05, 4.69) is 21.2 Å². The van der Waals surface area contributed by atoms with Gasteiger partial charge in [0.25, 0.3) is 0 Å². The summed E-state index contributed by atoms with van der Waals surface area (Å²) in [6, 6.07) is 9.62. The summed E-state index contributed by atoms with van der Waals surface area (Å²) in [4.78, 5) is 17.1. The van der Waals surface area contributed by atoms with Crippen molar-refractivity contribution in [2.75, 3.05) is 13.1 Å². The summed E-state index contributed by atoms with van der Waals surface area (Å²) in [5, 5.41) is 17.4. The molecule has 0 spiro atoms. The Kier molecular flexibility index (Phi) is 6.47. The van der Waals surface area contributed by atoms with Crippen molar-refractivity contribution in [2.24, 2.45) is 0 Å². The number of aromatic nitrogens is 2. The Balaban J connectivity index is 1.46. The summed E-state index contributed by atoms with van der Waals surface area (Å²) in [7, 11) is 0. The molecule has 8 heteroatoms. The number of hydrogen-bond donors (Lipinski definition) is 0. The standard InChI is InChI=1S/C24H31N5O3/c1-24(2,3)32-23(30)29-14-6-8-20(29)19-7-4-5-13-28(19)16-21-26-27-22(31-21)18-11-9-17(15-25)10-12-18/h9-12,19-20H,4-8,13-14,16H2,1-3H3/t19-,20+/m1/s1. The van der Waals surface area contributed by atoms with E-state index in [9.17, 15) is 4.79 Å². The lowest BCUT2D eigenvalue weighted by molar-refractivity contribution is 0.00540. The Hall–Kier alpha value is -2.92. The first kappa shape index (κ1) is 22.3. The zero-order chi connectivity index (χ0) is 22.7. The van der Waals surface area contributed by atoms with Crippen LogP contribution < -0.4 is 0 Å². The molecule has 8 nitrogen and oxygen atoms in total. The lowest BCUT2D eigenvalue weighted by Gasteiger charge is -2.41. The van der Waals surface area contributed by atoms with Crippen LogP contribution in [0.25, 0.3) is 11.5 Å². The highest BCUT2D eigenvalue weighted by molar-refractivity contribution is 5.69. The van der Waals surface area contributed by atoms with E-state index >= 15 is 0 Å². The monoisotopic (exact) mass is 437 g/mol. The summed E-state index contributed by atoms with van der Waals surface area (Å²) >= 11 is 0. The second kappa shape index (κ2) is 9.29. The van der Waals surface area contributed by atoms with Gasteiger partial charge in [0.2, 0.25) is 11.8 Å². The van der Waals surface area contributed by atoms with Crippen LogP contribution in [-0.4, -0.2) is 56.9 Å². The van der Waals surface area contributed by atoms with E-state index in [0.717, 1.165) is 50.8 Å². The Labute approximate surface area is 189 Å². The van der Waals surface area contributed by atoms with Crippen LogP contribution in [0.4, 0.5) is 4.79 Å². The average molecular weight is 438 g/mol. The second-order valence-electron chi connectivity index (χ2n) is 9.61. The van der Waals surface area contributed by atoms with E-state index in [4.69, 9.17) is 14.4 Å². The summed E-state index contributed by atoms with van der Waals surface area (Å²) in [5.74, 6) is 1.02. The minimum Gasteiger partial charge on any atom is -0.444 e. The van der Waals surface area contributed by atoms with Gasteiger partial charge in [-0.1, -0.05) is 6.42 Å². The molecule has 0 saturated carbocycles. The molecule has 32 heavy (non-hydrogen) atoms. The number of nitriles is 1. The molecule has 2 aromatic rings. The third-order valence-corrected chi connectivity index (χ3v) is 6.10. The molecule has 1 amide bonds. The quantitative estimate of drug-likeness (QED) is 0.701. The lowest BCUT2D eigenvalue weighted by atomic mass is 9.94. The number of carbonyl (C=O) groups excluding carboxylic acids is 1. The van der Waals surface area contributed by atoms with Gasteiger partial charge in [-0.25, -0.2) is 4.79 Å². The van der Waals surface area contributed by atoms with Gasteiger partial charge in [0.1, 0.15) is 5.60 Å². The first-order valence-corrected chi connectivity index (χ1v) is 11.4. The number of ether oxygens (including phenoxy) is 1. The van der Waals surface area contributed by atoms with Crippen LogP contribution in [-0.2, 0) is 11.3 Å². The molecule has 0 unspecified atom stereocenters. The van der Waals surface area contributed by atoms with Crippen molar-refractivity contribution in [1.29, 1.82) is 5.26 Å². The molecule has 1 aromatic heterocycles. The van der Waals surface area contributed by atoms with Gasteiger partial charge in [0.15, 0.2) is 0 Å². The van der Waals surface area contributed by atoms with E-state index in [0.29, 0.717) is 23.9 Å². The number of likely N-dealkylation sites (tertiary alicyclic amines) is 2. The number of benzene rings is 1. The number of hydrogen-bond acceptors (Lipinski definition) is 7. The molecule has 2 aliphatic heterocycles. The maximum atomic E-state index is 12.8. The Morgan fingerprint density at radius 1 is 1.12 bits per heavy atom. The van der Waals surface area contributed by atoms with Gasteiger partial charge in [-0.15, -0.1) is 10.2 Å². The molecule has 0 bridgehead atoms. The predicted molar refractivity (Wildman–Crippen MR) is 118 cm³/mol. The molecule has 2 aliphatic rings. The summed E-state index contributed by atoms with van der Waals surface area (Å²) < 4.78 is 11.6. The molecule has 2 fully saturated rings. The second-order valence-corrected chi connectivity index (χ2v) is 9.61. The van der Waals surface area contributed by atoms with Crippen molar-refractivity contribution >= 4 is 6.09 Å². The van der Waals surface area contributed by atoms with Crippen molar-refractivity contribution < 1.29 is 13.9 Å². The third-order valence-electron chi connectivity index (χ3n) is 6.10. The highest BCUT2D eigenvalue weighted by Crippen LogP contribution is 2.31. The first-order valence-electron chi connectivity index (χ1n) is 11.4. The van der Waals surface area contributed by atoms with Crippen LogP contribution in [0.5, 0.6) is 0 Å². The molecule has 1 aromatic carbocycles. The molecule has 170 valence electrons. The maximum absolute atomic E-state index is 12.8. The van der Waals surface area contributed by atoms with Gasteiger partial charge in [-0.05, 0) is 77.3 Å². The molecule has 0 aliphatic carbocycles. The van der Waals surface area contributed by atoms with Crippen LogP contribution >= 0.6 is 0 Å². The highest BCUT2D eigenvalue weighted by atomic mass is 16.6. The molecule has 2 atom stereocenters. The van der Waals surface area contributed by atoms with Crippen molar-refractivity contribution in [2.45, 2.75) is 77.1 Å². The fraction of sp³-hybridized carbons (Fsp3) is 0.583. The molecule has 0 N–H and O–H groups in total. The molecular weight excluding hydrogens is 406 g/mol. The van der Waals surface area contributed by atoms with E-state index in [-0.39, 0.29) is 18.2 Å². The molecule has 0 radical (unpaired) electrons. The van der Waals surface area contributed by atoms with Crippen molar-refractivity contribution in [3.63, 3.8) is 0 Å². The number of amides is 1. The van der Waals surface area contributed by atoms with Crippen LogP contribution in [0.1, 0.15) is 64.3 Å². The van der Waals surface area contributed by atoms with Crippen LogP contribution in [0.3, 0.4) is 0 Å². The predicted octanol–water partition coefficient (Wildman–Crippen LogP) is 4.36. The fourth-order valence-electron chi connectivity index (χ4n) is 4.68. The summed E-state index contributed by atoms with van der Waals surface area (Å²) in [6.45, 7) is 7.97. The Morgan fingerprint density at radius 2 is 1.88 bits per heavy atom. The van der Waals surface area contributed by atoms with Crippen LogP contribution in [0.2, 0.25) is 0 Å². The van der Waals surface area contributed by atoms with Gasteiger partial charge in [-0.2, -0.15) is 5.26 Å². The van der Waals surface area contributed by atoms with Crippen LogP contribution in [0.15, 0.2) is 28.7 Å². The molecule has 4 rings (SSSR count). The minimum absolute atomic E-state index is 0.145. The van der Waals surface area contributed by atoms with E-state index in [1.807, 2.05) is 37.8 Å². The maximum Gasteiger partial charge on any atom is 0.410 e. The number of rotatable bonds is 4.